The lowest BCUT2D eigenvalue weighted by Gasteiger charge is -2.27. The topological polar surface area (TPSA) is 29.5 Å². The van der Waals surface area contributed by atoms with Crippen molar-refractivity contribution in [2.75, 3.05) is 26.7 Å². The highest BCUT2D eigenvalue weighted by Crippen LogP contribution is 2.17. The monoisotopic (exact) mass is 325 g/mol. The van der Waals surface area contributed by atoms with E-state index in [0.29, 0.717) is 6.54 Å². The molecule has 19 heavy (non-hydrogen) atoms. The summed E-state index contributed by atoms with van der Waals surface area (Å²) < 4.78 is 6.56. The van der Waals surface area contributed by atoms with E-state index in [2.05, 4.69) is 20.8 Å². The molecule has 0 bridgehead atoms. The third kappa shape index (κ3) is 4.41. The number of halogens is 1. The Bertz CT molecular complexity index is 430. The molecule has 0 saturated carbocycles. The van der Waals surface area contributed by atoms with E-state index in [-0.39, 0.29) is 11.9 Å². The Kier molecular flexibility index (Phi) is 5.55. The fourth-order valence-corrected chi connectivity index (χ4v) is 2.89. The number of carbonyl (C=O) groups excluding carboxylic acids is 1. The summed E-state index contributed by atoms with van der Waals surface area (Å²) in [5.74, 6) is 0.144. The van der Waals surface area contributed by atoms with Gasteiger partial charge in [0.2, 0.25) is 0 Å². The van der Waals surface area contributed by atoms with Gasteiger partial charge in [0.1, 0.15) is 0 Å². The van der Waals surface area contributed by atoms with E-state index in [4.69, 9.17) is 4.74 Å². The van der Waals surface area contributed by atoms with Crippen LogP contribution in [0.25, 0.3) is 0 Å². The van der Waals surface area contributed by atoms with Crippen LogP contribution in [0, 0.1) is 0 Å². The molecule has 1 aromatic carbocycles. The van der Waals surface area contributed by atoms with Gasteiger partial charge < -0.3 is 4.74 Å². The van der Waals surface area contributed by atoms with Crippen molar-refractivity contribution >= 4 is 21.7 Å². The maximum absolute atomic E-state index is 12.2. The van der Waals surface area contributed by atoms with E-state index < -0.39 is 0 Å². The molecule has 1 fully saturated rings. The van der Waals surface area contributed by atoms with Gasteiger partial charge in [0.15, 0.2) is 5.78 Å². The summed E-state index contributed by atoms with van der Waals surface area (Å²) in [5, 5.41) is 0. The Morgan fingerprint density at radius 3 is 2.89 bits per heavy atom. The van der Waals surface area contributed by atoms with Crippen LogP contribution in [0.4, 0.5) is 0 Å². The van der Waals surface area contributed by atoms with Crippen LogP contribution in [0.1, 0.15) is 29.6 Å². The second kappa shape index (κ2) is 7.17. The second-order valence-electron chi connectivity index (χ2n) is 5.09. The molecule has 0 aliphatic carbocycles. The van der Waals surface area contributed by atoms with Gasteiger partial charge in [-0.05, 0) is 32.4 Å². The molecule has 1 heterocycles. The van der Waals surface area contributed by atoms with Crippen molar-refractivity contribution in [1.29, 1.82) is 0 Å². The zero-order chi connectivity index (χ0) is 13.7. The number of rotatable bonds is 5. The van der Waals surface area contributed by atoms with Gasteiger partial charge in [0, 0.05) is 23.2 Å². The summed E-state index contributed by atoms with van der Waals surface area (Å²) in [7, 11) is 1.98. The lowest BCUT2D eigenvalue weighted by atomic mass is 10.1. The molecule has 1 unspecified atom stereocenters. The first-order valence-corrected chi connectivity index (χ1v) is 7.54. The molecule has 1 saturated heterocycles. The number of ether oxygens (including phenoxy) is 1. The number of ketones is 1. The highest BCUT2D eigenvalue weighted by molar-refractivity contribution is 9.10. The van der Waals surface area contributed by atoms with E-state index in [1.54, 1.807) is 0 Å². The molecule has 1 aliphatic heterocycles. The number of hydrogen-bond acceptors (Lipinski definition) is 3. The van der Waals surface area contributed by atoms with Crippen LogP contribution in [0.15, 0.2) is 28.7 Å². The Morgan fingerprint density at radius 1 is 1.42 bits per heavy atom. The van der Waals surface area contributed by atoms with Gasteiger partial charge in [-0.2, -0.15) is 0 Å². The minimum absolute atomic E-state index is 0.144. The summed E-state index contributed by atoms with van der Waals surface area (Å²) in [5.41, 5.74) is 0.749. The second-order valence-corrected chi connectivity index (χ2v) is 5.94. The summed E-state index contributed by atoms with van der Waals surface area (Å²) in [6.07, 6.45) is 3.78. The predicted molar refractivity (Wildman–Crippen MR) is 79.6 cm³/mol. The van der Waals surface area contributed by atoms with Gasteiger partial charge in [0.25, 0.3) is 0 Å². The van der Waals surface area contributed by atoms with Gasteiger partial charge in [-0.15, -0.1) is 0 Å². The van der Waals surface area contributed by atoms with Crippen LogP contribution in [-0.4, -0.2) is 43.5 Å². The fraction of sp³-hybridized carbons (Fsp3) is 0.533. The number of Topliss-reactive ketones (excluding diaryl/α,β-unsaturated/α-hetero) is 1. The molecule has 1 aromatic rings. The maximum atomic E-state index is 12.2. The number of likely N-dealkylation sites (N-methyl/N-ethyl adjacent to an activating group) is 1. The summed E-state index contributed by atoms with van der Waals surface area (Å²) >= 11 is 3.42. The molecule has 0 amide bonds. The SMILES string of the molecule is CN(CC(=O)c1ccccc1Br)CC1CCCCO1. The van der Waals surface area contributed by atoms with Gasteiger partial charge in [-0.3, -0.25) is 9.69 Å². The molecule has 0 radical (unpaired) electrons. The number of carbonyl (C=O) groups is 1. The maximum Gasteiger partial charge on any atom is 0.177 e. The van der Waals surface area contributed by atoms with Crippen LogP contribution in [0.2, 0.25) is 0 Å². The first-order chi connectivity index (χ1) is 9.16. The Morgan fingerprint density at radius 2 is 2.21 bits per heavy atom. The van der Waals surface area contributed by atoms with Crippen molar-refractivity contribution in [2.24, 2.45) is 0 Å². The molecule has 4 heteroatoms. The third-order valence-electron chi connectivity index (χ3n) is 3.38. The zero-order valence-corrected chi connectivity index (χ0v) is 12.9. The van der Waals surface area contributed by atoms with Gasteiger partial charge in [-0.1, -0.05) is 34.1 Å². The summed E-state index contributed by atoms with van der Waals surface area (Å²) in [6, 6.07) is 7.57. The average Bonchev–Trinajstić information content (AvgIpc) is 2.40. The van der Waals surface area contributed by atoms with Crippen LogP contribution in [0.3, 0.4) is 0 Å². The fourth-order valence-electron chi connectivity index (χ4n) is 2.38. The van der Waals surface area contributed by atoms with Crippen LogP contribution in [-0.2, 0) is 4.74 Å². The predicted octanol–water partition coefficient (Wildman–Crippen LogP) is 3.13. The minimum atomic E-state index is 0.144. The van der Waals surface area contributed by atoms with Crippen molar-refractivity contribution in [3.05, 3.63) is 34.3 Å². The smallest absolute Gasteiger partial charge is 0.177 e. The number of benzene rings is 1. The lowest BCUT2D eigenvalue weighted by Crippen LogP contribution is -2.36. The lowest BCUT2D eigenvalue weighted by molar-refractivity contribution is -0.000671. The Labute approximate surface area is 123 Å². The first kappa shape index (κ1) is 14.7. The summed E-state index contributed by atoms with van der Waals surface area (Å²) in [6.45, 7) is 2.12. The van der Waals surface area contributed by atoms with E-state index in [0.717, 1.165) is 36.0 Å². The normalized spacial score (nSPS) is 19.6. The van der Waals surface area contributed by atoms with Crippen molar-refractivity contribution in [2.45, 2.75) is 25.4 Å². The van der Waals surface area contributed by atoms with E-state index >= 15 is 0 Å². The molecule has 1 atom stereocenters. The van der Waals surface area contributed by atoms with Crippen LogP contribution >= 0.6 is 15.9 Å². The molecule has 1 aliphatic rings. The quantitative estimate of drug-likeness (QED) is 0.779. The average molecular weight is 326 g/mol. The van der Waals surface area contributed by atoms with Gasteiger partial charge in [0.05, 0.1) is 12.6 Å². The van der Waals surface area contributed by atoms with E-state index in [9.17, 15) is 4.79 Å². The van der Waals surface area contributed by atoms with Crippen LogP contribution < -0.4 is 0 Å². The molecule has 0 spiro atoms. The zero-order valence-electron chi connectivity index (χ0n) is 11.3. The first-order valence-electron chi connectivity index (χ1n) is 6.74. The van der Waals surface area contributed by atoms with Crippen molar-refractivity contribution < 1.29 is 9.53 Å². The van der Waals surface area contributed by atoms with Crippen molar-refractivity contribution in [1.82, 2.24) is 4.90 Å². The van der Waals surface area contributed by atoms with Gasteiger partial charge in [-0.25, -0.2) is 0 Å². The molecule has 3 nitrogen and oxygen atoms in total. The standard InChI is InChI=1S/C15H20BrNO2/c1-17(10-12-6-4-5-9-19-12)11-15(18)13-7-2-3-8-14(13)16/h2-3,7-8,12H,4-6,9-11H2,1H3. The molecular weight excluding hydrogens is 306 g/mol. The minimum Gasteiger partial charge on any atom is -0.377 e. The Hall–Kier alpha value is -0.710. The molecule has 0 aromatic heterocycles. The highest BCUT2D eigenvalue weighted by Gasteiger charge is 2.18. The van der Waals surface area contributed by atoms with Crippen molar-refractivity contribution in [3.8, 4) is 0 Å². The van der Waals surface area contributed by atoms with Gasteiger partial charge >= 0.3 is 0 Å². The van der Waals surface area contributed by atoms with E-state index in [1.165, 1.54) is 6.42 Å². The molecular formula is C15H20BrNO2. The molecule has 2 rings (SSSR count). The highest BCUT2D eigenvalue weighted by atomic mass is 79.9. The van der Waals surface area contributed by atoms with Crippen molar-refractivity contribution in [3.63, 3.8) is 0 Å². The summed E-state index contributed by atoms with van der Waals surface area (Å²) in [4.78, 5) is 14.3. The Balaban J connectivity index is 1.86. The number of nitrogens with zero attached hydrogens (tertiary/aromatic N) is 1. The molecule has 0 N–H and O–H groups in total. The molecule has 104 valence electrons. The third-order valence-corrected chi connectivity index (χ3v) is 4.07. The largest absolute Gasteiger partial charge is 0.377 e. The number of hydrogen-bond donors (Lipinski definition) is 0. The van der Waals surface area contributed by atoms with Crippen LogP contribution in [0.5, 0.6) is 0 Å². The van der Waals surface area contributed by atoms with E-state index in [1.807, 2.05) is 31.3 Å².